The number of hydrogen-bond acceptors (Lipinski definition) is 5. The Bertz CT molecular complexity index is 831. The average Bonchev–Trinajstić information content (AvgIpc) is 3.15. The van der Waals surface area contributed by atoms with Crippen molar-refractivity contribution in [1.29, 1.82) is 0 Å². The first kappa shape index (κ1) is 19.9. The minimum absolute atomic E-state index is 0.0146. The second-order valence-corrected chi connectivity index (χ2v) is 8.38. The van der Waals surface area contributed by atoms with Crippen molar-refractivity contribution < 1.29 is 9.53 Å². The average molecular weight is 398 g/mol. The van der Waals surface area contributed by atoms with Crippen LogP contribution in [-0.4, -0.2) is 70.0 Å². The summed E-state index contributed by atoms with van der Waals surface area (Å²) in [5.74, 6) is 1.64. The molecule has 0 atom stereocenters. The van der Waals surface area contributed by atoms with Crippen molar-refractivity contribution in [2.75, 3.05) is 33.3 Å². The molecule has 0 spiro atoms. The number of nitrogens with zero attached hydrogens (tertiary/aromatic N) is 5. The topological polar surface area (TPSA) is 63.5 Å². The molecule has 1 saturated heterocycles. The molecule has 1 saturated carbocycles. The highest BCUT2D eigenvalue weighted by Gasteiger charge is 2.30. The SMILES string of the molecule is COc1ccc(-n2nnc(C(=O)N3CCN(C4CCC(C)CC4)CC3)c2C)cc1. The summed E-state index contributed by atoms with van der Waals surface area (Å²) in [4.78, 5) is 17.6. The molecule has 29 heavy (non-hydrogen) atoms. The number of ether oxygens (including phenoxy) is 1. The molecule has 1 aromatic carbocycles. The number of rotatable bonds is 4. The maximum absolute atomic E-state index is 13.1. The fourth-order valence-corrected chi connectivity index (χ4v) is 4.54. The third kappa shape index (κ3) is 4.15. The summed E-state index contributed by atoms with van der Waals surface area (Å²) in [5, 5.41) is 8.42. The molecule has 1 aliphatic carbocycles. The molecule has 1 aliphatic heterocycles. The van der Waals surface area contributed by atoms with E-state index in [9.17, 15) is 4.79 Å². The summed E-state index contributed by atoms with van der Waals surface area (Å²) in [6, 6.07) is 8.28. The second kappa shape index (κ2) is 8.53. The van der Waals surface area contributed by atoms with Crippen LogP contribution in [0.3, 0.4) is 0 Å². The molecule has 0 bridgehead atoms. The summed E-state index contributed by atoms with van der Waals surface area (Å²) >= 11 is 0. The normalized spacial score (nSPS) is 23.2. The number of benzene rings is 1. The minimum Gasteiger partial charge on any atom is -0.497 e. The van der Waals surface area contributed by atoms with Crippen LogP contribution in [0.4, 0.5) is 0 Å². The van der Waals surface area contributed by atoms with Crippen LogP contribution < -0.4 is 4.74 Å². The van der Waals surface area contributed by atoms with Crippen molar-refractivity contribution in [2.24, 2.45) is 5.92 Å². The number of amides is 1. The van der Waals surface area contributed by atoms with E-state index in [0.717, 1.165) is 49.2 Å². The first-order valence-corrected chi connectivity index (χ1v) is 10.7. The van der Waals surface area contributed by atoms with E-state index in [1.54, 1.807) is 11.8 Å². The van der Waals surface area contributed by atoms with E-state index in [1.807, 2.05) is 36.1 Å². The number of aromatic nitrogens is 3. The lowest BCUT2D eigenvalue weighted by molar-refractivity contribution is 0.0496. The van der Waals surface area contributed by atoms with Crippen LogP contribution in [0, 0.1) is 12.8 Å². The predicted octanol–water partition coefficient (Wildman–Crippen LogP) is 2.92. The molecule has 2 aromatic rings. The van der Waals surface area contributed by atoms with Crippen LogP contribution in [0.1, 0.15) is 48.8 Å². The van der Waals surface area contributed by atoms with Crippen molar-refractivity contribution in [3.63, 3.8) is 0 Å². The molecule has 1 aromatic heterocycles. The lowest BCUT2D eigenvalue weighted by Gasteiger charge is -2.41. The van der Waals surface area contributed by atoms with Crippen molar-refractivity contribution in [3.8, 4) is 11.4 Å². The largest absolute Gasteiger partial charge is 0.497 e. The van der Waals surface area contributed by atoms with E-state index in [4.69, 9.17) is 4.74 Å². The Morgan fingerprint density at radius 2 is 1.69 bits per heavy atom. The Balaban J connectivity index is 1.39. The highest BCUT2D eigenvalue weighted by Crippen LogP contribution is 2.28. The fourth-order valence-electron chi connectivity index (χ4n) is 4.54. The molecular weight excluding hydrogens is 366 g/mol. The molecule has 0 unspecified atom stereocenters. The van der Waals surface area contributed by atoms with E-state index >= 15 is 0 Å². The molecule has 0 radical (unpaired) electrons. The smallest absolute Gasteiger partial charge is 0.276 e. The first-order chi connectivity index (χ1) is 14.1. The molecule has 2 heterocycles. The molecule has 4 rings (SSSR count). The molecule has 156 valence electrons. The van der Waals surface area contributed by atoms with Crippen LogP contribution >= 0.6 is 0 Å². The number of carbonyl (C=O) groups excluding carboxylic acids is 1. The van der Waals surface area contributed by atoms with E-state index in [-0.39, 0.29) is 5.91 Å². The van der Waals surface area contributed by atoms with Gasteiger partial charge in [0.2, 0.25) is 0 Å². The highest BCUT2D eigenvalue weighted by atomic mass is 16.5. The van der Waals surface area contributed by atoms with E-state index in [0.29, 0.717) is 11.7 Å². The van der Waals surface area contributed by atoms with Crippen molar-refractivity contribution in [3.05, 3.63) is 35.7 Å². The van der Waals surface area contributed by atoms with Crippen molar-refractivity contribution in [1.82, 2.24) is 24.8 Å². The van der Waals surface area contributed by atoms with Gasteiger partial charge in [0.25, 0.3) is 5.91 Å². The second-order valence-electron chi connectivity index (χ2n) is 8.38. The van der Waals surface area contributed by atoms with Gasteiger partial charge in [-0.1, -0.05) is 12.1 Å². The lowest BCUT2D eigenvalue weighted by Crippen LogP contribution is -2.52. The first-order valence-electron chi connectivity index (χ1n) is 10.7. The molecule has 2 aliphatic rings. The number of carbonyl (C=O) groups is 1. The zero-order chi connectivity index (χ0) is 20.4. The third-order valence-electron chi connectivity index (χ3n) is 6.52. The van der Waals surface area contributed by atoms with Gasteiger partial charge in [-0.05, 0) is 62.8 Å². The van der Waals surface area contributed by atoms with E-state index in [2.05, 4.69) is 22.1 Å². The maximum Gasteiger partial charge on any atom is 0.276 e. The lowest BCUT2D eigenvalue weighted by atomic mass is 9.86. The Labute approximate surface area is 172 Å². The summed E-state index contributed by atoms with van der Waals surface area (Å²) in [6.07, 6.45) is 5.25. The number of piperazine rings is 1. The third-order valence-corrected chi connectivity index (χ3v) is 6.52. The summed E-state index contributed by atoms with van der Waals surface area (Å²) in [5.41, 5.74) is 2.08. The van der Waals surface area contributed by atoms with Crippen molar-refractivity contribution >= 4 is 5.91 Å². The zero-order valence-corrected chi connectivity index (χ0v) is 17.7. The predicted molar refractivity (Wildman–Crippen MR) is 112 cm³/mol. The van der Waals surface area contributed by atoms with E-state index < -0.39 is 0 Å². The van der Waals surface area contributed by atoms with Crippen LogP contribution in [0.25, 0.3) is 5.69 Å². The standard InChI is InChI=1S/C22H31N5O2/c1-16-4-6-18(7-5-16)25-12-14-26(15-13-25)22(28)21-17(2)27(24-23-21)19-8-10-20(29-3)11-9-19/h8-11,16,18H,4-7,12-15H2,1-3H3. The van der Waals surface area contributed by atoms with Gasteiger partial charge in [0, 0.05) is 32.2 Å². The van der Waals surface area contributed by atoms with Gasteiger partial charge in [-0.2, -0.15) is 0 Å². The highest BCUT2D eigenvalue weighted by molar-refractivity contribution is 5.93. The maximum atomic E-state index is 13.1. The van der Waals surface area contributed by atoms with Crippen molar-refractivity contribution in [2.45, 2.75) is 45.6 Å². The summed E-state index contributed by atoms with van der Waals surface area (Å²) in [7, 11) is 1.64. The molecular formula is C22H31N5O2. The summed E-state index contributed by atoms with van der Waals surface area (Å²) in [6.45, 7) is 7.69. The molecule has 2 fully saturated rings. The molecule has 7 nitrogen and oxygen atoms in total. The number of methoxy groups -OCH3 is 1. The quantitative estimate of drug-likeness (QED) is 0.794. The van der Waals surface area contributed by atoms with Crippen LogP contribution in [0.15, 0.2) is 24.3 Å². The Morgan fingerprint density at radius 3 is 2.31 bits per heavy atom. The molecule has 7 heteroatoms. The fraction of sp³-hybridized carbons (Fsp3) is 0.591. The van der Waals surface area contributed by atoms with Gasteiger partial charge in [0.15, 0.2) is 5.69 Å². The van der Waals surface area contributed by atoms with Gasteiger partial charge in [-0.3, -0.25) is 9.69 Å². The van der Waals surface area contributed by atoms with Gasteiger partial charge >= 0.3 is 0 Å². The Morgan fingerprint density at radius 1 is 1.03 bits per heavy atom. The van der Waals surface area contributed by atoms with E-state index in [1.165, 1.54) is 25.7 Å². The number of hydrogen-bond donors (Lipinski definition) is 0. The zero-order valence-electron chi connectivity index (χ0n) is 17.7. The van der Waals surface area contributed by atoms with Crippen LogP contribution in [0.5, 0.6) is 5.75 Å². The van der Waals surface area contributed by atoms with Gasteiger partial charge in [0.05, 0.1) is 18.5 Å². The molecule has 0 N–H and O–H groups in total. The van der Waals surface area contributed by atoms with Gasteiger partial charge < -0.3 is 9.64 Å². The van der Waals surface area contributed by atoms with Crippen LogP contribution in [-0.2, 0) is 0 Å². The summed E-state index contributed by atoms with van der Waals surface area (Å²) < 4.78 is 6.92. The minimum atomic E-state index is -0.0146. The Kier molecular flexibility index (Phi) is 5.85. The van der Waals surface area contributed by atoms with Gasteiger partial charge in [0.1, 0.15) is 5.75 Å². The molecule has 1 amide bonds. The monoisotopic (exact) mass is 397 g/mol. The Hall–Kier alpha value is -2.41. The van der Waals surface area contributed by atoms with Crippen LogP contribution in [0.2, 0.25) is 0 Å². The van der Waals surface area contributed by atoms with Gasteiger partial charge in [-0.15, -0.1) is 5.10 Å². The van der Waals surface area contributed by atoms with Gasteiger partial charge in [-0.25, -0.2) is 4.68 Å².